The largest absolute Gasteiger partial charge is 0.549 e. The first-order valence-electron chi connectivity index (χ1n) is 6.25. The maximum atomic E-state index is 12.9. The third kappa shape index (κ3) is 3.03. The lowest BCUT2D eigenvalue weighted by Crippen LogP contribution is -2.24. The zero-order chi connectivity index (χ0) is 15.5. The summed E-state index contributed by atoms with van der Waals surface area (Å²) in [7, 11) is 0. The molecule has 0 saturated carbocycles. The van der Waals surface area contributed by atoms with Crippen LogP contribution in [0.15, 0.2) is 35.6 Å². The number of hydrogen-bond donors (Lipinski definition) is 0. The highest BCUT2D eigenvalue weighted by atomic mass is 32.2. The molecule has 2 heterocycles. The molecule has 3 aromatic rings. The van der Waals surface area contributed by atoms with Crippen molar-refractivity contribution in [2.75, 3.05) is 5.75 Å². The zero-order valence-corrected chi connectivity index (χ0v) is 12.0. The number of halogens is 1. The molecule has 9 heteroatoms. The Bertz CT molecular complexity index is 821. The number of hydrogen-bond acceptors (Lipinski definition) is 7. The van der Waals surface area contributed by atoms with Gasteiger partial charge in [-0.25, -0.2) is 19.0 Å². The number of nitrogens with zero attached hydrogens (tertiary/aromatic N) is 5. The summed E-state index contributed by atoms with van der Waals surface area (Å²) in [6.45, 7) is 0.373. The molecule has 0 unspecified atom stereocenters. The summed E-state index contributed by atoms with van der Waals surface area (Å²) in [5.74, 6) is -1.72. The Hall–Kier alpha value is -2.55. The second-order valence-electron chi connectivity index (χ2n) is 4.39. The number of aromatic nitrogens is 5. The number of benzene rings is 1. The normalized spacial score (nSPS) is 11.0. The number of carbonyl (C=O) groups excluding carboxylic acids is 1. The van der Waals surface area contributed by atoms with Crippen LogP contribution in [0.5, 0.6) is 0 Å². The number of rotatable bonds is 5. The highest BCUT2D eigenvalue weighted by Gasteiger charge is 2.12. The van der Waals surface area contributed by atoms with Crippen molar-refractivity contribution in [1.82, 2.24) is 25.0 Å². The van der Waals surface area contributed by atoms with Crippen LogP contribution in [-0.4, -0.2) is 36.7 Å². The van der Waals surface area contributed by atoms with E-state index in [1.807, 2.05) is 0 Å². The molecule has 0 bridgehead atoms. The van der Waals surface area contributed by atoms with Gasteiger partial charge in [0, 0.05) is 5.75 Å². The lowest BCUT2D eigenvalue weighted by molar-refractivity contribution is -0.301. The number of thioether (sulfide) groups is 1. The monoisotopic (exact) mass is 318 g/mol. The van der Waals surface area contributed by atoms with Gasteiger partial charge in [-0.15, -0.1) is 5.10 Å². The van der Waals surface area contributed by atoms with Gasteiger partial charge in [-0.3, -0.25) is 0 Å². The summed E-state index contributed by atoms with van der Waals surface area (Å²) >= 11 is 1.00. The molecule has 0 aliphatic rings. The molecule has 0 fully saturated rings. The fraction of sp³-hybridized carbons (Fsp3) is 0.154. The lowest BCUT2D eigenvalue weighted by atomic mass is 10.2. The van der Waals surface area contributed by atoms with Crippen molar-refractivity contribution in [3.63, 3.8) is 0 Å². The van der Waals surface area contributed by atoms with Gasteiger partial charge in [-0.2, -0.15) is 0 Å². The van der Waals surface area contributed by atoms with Crippen LogP contribution in [0.2, 0.25) is 0 Å². The van der Waals surface area contributed by atoms with Gasteiger partial charge < -0.3 is 9.90 Å². The Labute approximate surface area is 128 Å². The number of carboxylic acid groups (broad SMARTS) is 1. The van der Waals surface area contributed by atoms with Crippen molar-refractivity contribution in [3.05, 3.63) is 42.0 Å². The van der Waals surface area contributed by atoms with Gasteiger partial charge in [-0.05, 0) is 17.7 Å². The average Bonchev–Trinajstić information content (AvgIpc) is 2.91. The SMILES string of the molecule is O=C([O-])CSc1ncnc2c1nnn2Cc1ccc(F)cc1. The van der Waals surface area contributed by atoms with Crippen molar-refractivity contribution >= 4 is 28.9 Å². The zero-order valence-electron chi connectivity index (χ0n) is 11.1. The van der Waals surface area contributed by atoms with Crippen molar-refractivity contribution in [2.24, 2.45) is 0 Å². The van der Waals surface area contributed by atoms with E-state index in [9.17, 15) is 14.3 Å². The molecule has 0 saturated heterocycles. The third-order valence-electron chi connectivity index (χ3n) is 2.84. The average molecular weight is 318 g/mol. The van der Waals surface area contributed by atoms with Crippen molar-refractivity contribution in [2.45, 2.75) is 11.6 Å². The van der Waals surface area contributed by atoms with Crippen LogP contribution in [0.25, 0.3) is 11.2 Å². The Morgan fingerprint density at radius 3 is 2.77 bits per heavy atom. The number of carboxylic acids is 1. The molecule has 3 rings (SSSR count). The van der Waals surface area contributed by atoms with Gasteiger partial charge >= 0.3 is 0 Å². The van der Waals surface area contributed by atoms with Crippen LogP contribution < -0.4 is 5.11 Å². The minimum atomic E-state index is -1.18. The van der Waals surface area contributed by atoms with E-state index < -0.39 is 5.97 Å². The molecule has 0 aliphatic carbocycles. The van der Waals surface area contributed by atoms with E-state index in [0.717, 1.165) is 17.3 Å². The summed E-state index contributed by atoms with van der Waals surface area (Å²) in [5, 5.41) is 19.0. The molecule has 0 aliphatic heterocycles. The Morgan fingerprint density at radius 2 is 2.05 bits per heavy atom. The van der Waals surface area contributed by atoms with Crippen LogP contribution in [-0.2, 0) is 11.3 Å². The molecule has 7 nitrogen and oxygen atoms in total. The van der Waals surface area contributed by atoms with E-state index in [0.29, 0.717) is 22.7 Å². The summed E-state index contributed by atoms with van der Waals surface area (Å²) in [6, 6.07) is 6.03. The van der Waals surface area contributed by atoms with Crippen LogP contribution in [0.4, 0.5) is 4.39 Å². The molecular formula is C13H9FN5O2S-. The van der Waals surface area contributed by atoms with E-state index in [-0.39, 0.29) is 11.6 Å². The fourth-order valence-electron chi connectivity index (χ4n) is 1.87. The topological polar surface area (TPSA) is 96.6 Å². The second kappa shape index (κ2) is 6.06. The summed E-state index contributed by atoms with van der Waals surface area (Å²) in [4.78, 5) is 18.7. The van der Waals surface area contributed by atoms with Crippen LogP contribution in [0.3, 0.4) is 0 Å². The summed E-state index contributed by atoms with van der Waals surface area (Å²) in [6.07, 6.45) is 1.32. The smallest absolute Gasteiger partial charge is 0.183 e. The van der Waals surface area contributed by atoms with Crippen LogP contribution in [0.1, 0.15) is 5.56 Å². The molecule has 0 spiro atoms. The maximum Gasteiger partial charge on any atom is 0.183 e. The molecule has 0 radical (unpaired) electrons. The molecule has 0 amide bonds. The van der Waals surface area contributed by atoms with Crippen LogP contribution in [0, 0.1) is 5.82 Å². The molecule has 0 N–H and O–H groups in total. The Kier molecular flexibility index (Phi) is 3.96. The number of carbonyl (C=O) groups is 1. The first kappa shape index (κ1) is 14.4. The predicted octanol–water partition coefficient (Wildman–Crippen LogP) is 0.251. The minimum absolute atomic E-state index is 0.225. The number of fused-ring (bicyclic) bond motifs is 1. The van der Waals surface area contributed by atoms with Gasteiger partial charge in [0.25, 0.3) is 0 Å². The minimum Gasteiger partial charge on any atom is -0.549 e. The molecule has 22 heavy (non-hydrogen) atoms. The van der Waals surface area contributed by atoms with Crippen molar-refractivity contribution in [3.8, 4) is 0 Å². The van der Waals surface area contributed by atoms with Gasteiger partial charge in [0.2, 0.25) is 0 Å². The van der Waals surface area contributed by atoms with E-state index in [1.54, 1.807) is 16.8 Å². The first-order chi connectivity index (χ1) is 10.6. The van der Waals surface area contributed by atoms with E-state index >= 15 is 0 Å². The first-order valence-corrected chi connectivity index (χ1v) is 7.23. The molecule has 0 atom stereocenters. The summed E-state index contributed by atoms with van der Waals surface area (Å²) < 4.78 is 14.5. The molecule has 2 aromatic heterocycles. The van der Waals surface area contributed by atoms with Crippen molar-refractivity contribution < 1.29 is 14.3 Å². The fourth-order valence-corrected chi connectivity index (χ4v) is 2.52. The van der Waals surface area contributed by atoms with Gasteiger partial charge in [0.15, 0.2) is 11.2 Å². The highest BCUT2D eigenvalue weighted by molar-refractivity contribution is 8.00. The van der Waals surface area contributed by atoms with Crippen molar-refractivity contribution in [1.29, 1.82) is 0 Å². The molecular weight excluding hydrogens is 309 g/mol. The van der Waals surface area contributed by atoms with E-state index in [4.69, 9.17) is 0 Å². The molecule has 112 valence electrons. The summed E-state index contributed by atoms with van der Waals surface area (Å²) in [5.41, 5.74) is 1.76. The van der Waals surface area contributed by atoms with Gasteiger partial charge in [0.05, 0.1) is 12.5 Å². The quantitative estimate of drug-likeness (QED) is 0.491. The van der Waals surface area contributed by atoms with Crippen LogP contribution >= 0.6 is 11.8 Å². The van der Waals surface area contributed by atoms with Gasteiger partial charge in [0.1, 0.15) is 17.2 Å². The van der Waals surface area contributed by atoms with E-state index in [1.165, 1.54) is 18.5 Å². The Balaban J connectivity index is 1.90. The molecule has 1 aromatic carbocycles. The lowest BCUT2D eigenvalue weighted by Gasteiger charge is -2.03. The third-order valence-corrected chi connectivity index (χ3v) is 3.79. The highest BCUT2D eigenvalue weighted by Crippen LogP contribution is 2.22. The number of aliphatic carboxylic acids is 1. The Morgan fingerprint density at radius 1 is 1.27 bits per heavy atom. The second-order valence-corrected chi connectivity index (χ2v) is 5.35. The van der Waals surface area contributed by atoms with Gasteiger partial charge in [-0.1, -0.05) is 29.1 Å². The van der Waals surface area contributed by atoms with E-state index in [2.05, 4.69) is 20.3 Å². The predicted molar refractivity (Wildman–Crippen MR) is 74.4 cm³/mol. The standard InChI is InChI=1S/C13H10FN5O2S/c14-9-3-1-8(2-4-9)5-19-12-11(17-18-19)13(16-7-15-12)22-6-10(20)21/h1-4,7H,5-6H2,(H,20,21)/p-1. The maximum absolute atomic E-state index is 12.9.